The van der Waals surface area contributed by atoms with Crippen molar-refractivity contribution < 1.29 is 40.7 Å². The van der Waals surface area contributed by atoms with E-state index in [2.05, 4.69) is 20.9 Å². The van der Waals surface area contributed by atoms with Crippen LogP contribution in [0.15, 0.2) is 53.3 Å². The number of rotatable bonds is 8. The van der Waals surface area contributed by atoms with E-state index in [0.29, 0.717) is 30.9 Å². The highest BCUT2D eigenvalue weighted by Gasteiger charge is 2.41. The van der Waals surface area contributed by atoms with Crippen LogP contribution in [0.3, 0.4) is 0 Å². The van der Waals surface area contributed by atoms with Crippen molar-refractivity contribution in [1.29, 1.82) is 0 Å². The topological polar surface area (TPSA) is 116 Å². The Hall–Kier alpha value is -4.14. The number of carbonyl (C=O) groups is 2. The van der Waals surface area contributed by atoms with Crippen molar-refractivity contribution in [2.24, 2.45) is 0 Å². The van der Waals surface area contributed by atoms with Gasteiger partial charge in [0, 0.05) is 17.6 Å². The lowest BCUT2D eigenvalue weighted by Gasteiger charge is -2.22. The van der Waals surface area contributed by atoms with Crippen molar-refractivity contribution in [2.45, 2.75) is 31.5 Å². The van der Waals surface area contributed by atoms with Crippen molar-refractivity contribution in [1.82, 2.24) is 15.2 Å². The van der Waals surface area contributed by atoms with Crippen LogP contribution in [0.5, 0.6) is 0 Å². The molecule has 10 nitrogen and oxygen atoms in total. The predicted octanol–water partition coefficient (Wildman–Crippen LogP) is 3.74. The van der Waals surface area contributed by atoms with E-state index in [-0.39, 0.29) is 12.4 Å². The van der Waals surface area contributed by atoms with E-state index in [1.165, 1.54) is 15.8 Å². The fraction of sp³-hybridized carbons (Fsp3) is 0.348. The number of aromatic nitrogens is 3. The Labute approximate surface area is 212 Å². The predicted molar refractivity (Wildman–Crippen MR) is 123 cm³/mol. The number of hydrogen-bond acceptors (Lipinski definition) is 6. The summed E-state index contributed by atoms with van der Waals surface area (Å²) < 4.78 is 75.4. The number of carbonyl (C=O) groups excluding carboxylic acids is 2. The van der Waals surface area contributed by atoms with E-state index < -0.39 is 47.5 Å². The van der Waals surface area contributed by atoms with E-state index in [1.54, 1.807) is 24.4 Å². The molecule has 1 aliphatic rings. The Bertz CT molecular complexity index is 1280. The highest BCUT2D eigenvalue weighted by atomic mass is 19.4. The third-order valence-corrected chi connectivity index (χ3v) is 5.53. The van der Waals surface area contributed by atoms with Gasteiger partial charge in [0.2, 0.25) is 11.8 Å². The molecule has 2 aromatic heterocycles. The molecule has 3 heterocycles. The summed E-state index contributed by atoms with van der Waals surface area (Å²) in [4.78, 5) is 30.1. The standard InChI is InChI=1S/C23H22F5N7O3/c24-22(25,14-34-7-3-4-8-34)20(36)30-17-9-15(23(26,27)28)10-18(11-17)31-21(37)32-19-13-35(33-38-19)12-16-5-1-2-6-29-16/h1-2,5-6,9-11,13H,3-4,7-8,12,14H2,(H2-,30,31,32,33,36,37)/p+1. The molecule has 0 radical (unpaired) electrons. The molecule has 0 aliphatic carbocycles. The Balaban J connectivity index is 1.43. The molecule has 15 heteroatoms. The lowest BCUT2D eigenvalue weighted by molar-refractivity contribution is -0.755. The molecule has 0 saturated carbocycles. The van der Waals surface area contributed by atoms with E-state index in [9.17, 15) is 31.5 Å². The number of likely N-dealkylation sites (tertiary alicyclic amines) is 1. The average molecular weight is 540 g/mol. The minimum atomic E-state index is -4.88. The van der Waals surface area contributed by atoms with Crippen LogP contribution in [0, 0.1) is 0 Å². The number of urea groups is 1. The molecule has 0 bridgehead atoms. The van der Waals surface area contributed by atoms with E-state index >= 15 is 0 Å². The number of pyridine rings is 1. The minimum absolute atomic E-state index is 0.125. The van der Waals surface area contributed by atoms with Crippen LogP contribution in [-0.2, 0) is 17.5 Å². The number of anilines is 3. The summed E-state index contributed by atoms with van der Waals surface area (Å²) in [6.07, 6.45) is -0.521. The second-order valence-electron chi connectivity index (χ2n) is 8.60. The molecule has 3 N–H and O–H groups in total. The van der Waals surface area contributed by atoms with Crippen LogP contribution in [0.2, 0.25) is 0 Å². The van der Waals surface area contributed by atoms with E-state index in [4.69, 9.17) is 4.52 Å². The molecule has 1 aromatic carbocycles. The maximum Gasteiger partial charge on any atom is 0.416 e. The monoisotopic (exact) mass is 540 g/mol. The zero-order valence-corrected chi connectivity index (χ0v) is 19.8. The number of amides is 3. The molecule has 0 spiro atoms. The van der Waals surface area contributed by atoms with E-state index in [0.717, 1.165) is 18.9 Å². The number of halogens is 5. The molecule has 4 rings (SSSR count). The quantitative estimate of drug-likeness (QED) is 0.296. The van der Waals surface area contributed by atoms with Gasteiger partial charge in [-0.3, -0.25) is 24.5 Å². The lowest BCUT2D eigenvalue weighted by Crippen LogP contribution is -2.44. The molecule has 1 aliphatic heterocycles. The molecule has 0 unspecified atom stereocenters. The Morgan fingerprint density at radius 1 is 1.00 bits per heavy atom. The van der Waals surface area contributed by atoms with Crippen molar-refractivity contribution in [3.8, 4) is 0 Å². The summed E-state index contributed by atoms with van der Waals surface area (Å²) in [6, 6.07) is 6.29. The first-order chi connectivity index (χ1) is 18.0. The van der Waals surface area contributed by atoms with Crippen LogP contribution >= 0.6 is 0 Å². The molecular formula is C23H23F5N7O3+. The van der Waals surface area contributed by atoms with Crippen molar-refractivity contribution in [2.75, 3.05) is 35.6 Å². The molecule has 3 aromatic rings. The van der Waals surface area contributed by atoms with Gasteiger partial charge in [-0.15, -0.1) is 0 Å². The largest absolute Gasteiger partial charge is 0.416 e. The second kappa shape index (κ2) is 11.1. The van der Waals surface area contributed by atoms with Crippen LogP contribution in [0.4, 0.5) is 44.0 Å². The summed E-state index contributed by atoms with van der Waals surface area (Å²) in [7, 11) is 0. The summed E-state index contributed by atoms with van der Waals surface area (Å²) >= 11 is 0. The van der Waals surface area contributed by atoms with Crippen LogP contribution < -0.4 is 20.6 Å². The van der Waals surface area contributed by atoms with Crippen molar-refractivity contribution >= 4 is 29.2 Å². The highest BCUT2D eigenvalue weighted by molar-refractivity contribution is 6.00. The molecule has 1 fully saturated rings. The van der Waals surface area contributed by atoms with Gasteiger partial charge in [-0.1, -0.05) is 6.07 Å². The number of hydrogen-bond donors (Lipinski definition) is 3. The Morgan fingerprint density at radius 2 is 1.71 bits per heavy atom. The van der Waals surface area contributed by atoms with Gasteiger partial charge < -0.3 is 10.6 Å². The fourth-order valence-corrected chi connectivity index (χ4v) is 3.79. The molecule has 0 atom stereocenters. The molecule has 3 amide bonds. The van der Waals surface area contributed by atoms with Crippen LogP contribution in [-0.4, -0.2) is 52.7 Å². The highest BCUT2D eigenvalue weighted by Crippen LogP contribution is 2.34. The van der Waals surface area contributed by atoms with Gasteiger partial charge in [0.1, 0.15) is 5.69 Å². The summed E-state index contributed by atoms with van der Waals surface area (Å²) in [5.41, 5.74) is -1.57. The van der Waals surface area contributed by atoms with Gasteiger partial charge in [0.15, 0.2) is 0 Å². The molecular weight excluding hydrogens is 517 g/mol. The van der Waals surface area contributed by atoms with Gasteiger partial charge in [0.25, 0.3) is 12.1 Å². The SMILES string of the molecule is O=C(Nc1cc(NC(=O)C(F)(F)CN2CCCC2)cc(C(F)(F)F)c1)Nc1c[n+](Cc2ccccn2)no1. The normalized spacial score (nSPS) is 14.3. The minimum Gasteiger partial charge on any atom is -0.321 e. The smallest absolute Gasteiger partial charge is 0.321 e. The third kappa shape index (κ3) is 7.21. The molecule has 202 valence electrons. The van der Waals surface area contributed by atoms with Gasteiger partial charge in [-0.2, -0.15) is 22.0 Å². The number of nitrogens with zero attached hydrogens (tertiary/aromatic N) is 4. The number of benzene rings is 1. The maximum absolute atomic E-state index is 14.4. The van der Waals surface area contributed by atoms with Gasteiger partial charge in [-0.05, 0) is 60.9 Å². The van der Waals surface area contributed by atoms with Crippen LogP contribution in [0.25, 0.3) is 0 Å². The summed E-state index contributed by atoms with van der Waals surface area (Å²) in [6.45, 7) is 0.198. The number of nitrogens with one attached hydrogen (secondary N) is 3. The summed E-state index contributed by atoms with van der Waals surface area (Å²) in [5, 5.41) is 9.98. The van der Waals surface area contributed by atoms with E-state index in [1.807, 2.05) is 5.32 Å². The third-order valence-electron chi connectivity index (χ3n) is 5.53. The summed E-state index contributed by atoms with van der Waals surface area (Å²) in [5.74, 6) is -5.71. The Kier molecular flexibility index (Phi) is 7.85. The van der Waals surface area contributed by atoms with Crippen molar-refractivity contribution in [3.05, 3.63) is 60.0 Å². The number of alkyl halides is 5. The first kappa shape index (κ1) is 26.9. The van der Waals surface area contributed by atoms with Gasteiger partial charge in [-0.25, -0.2) is 4.79 Å². The second-order valence-corrected chi connectivity index (χ2v) is 8.60. The first-order valence-electron chi connectivity index (χ1n) is 11.5. The average Bonchev–Trinajstić information content (AvgIpc) is 3.50. The zero-order chi connectivity index (χ0) is 27.3. The van der Waals surface area contributed by atoms with Gasteiger partial charge in [0.05, 0.1) is 12.1 Å². The van der Waals surface area contributed by atoms with Gasteiger partial charge >= 0.3 is 24.0 Å². The molecule has 1 saturated heterocycles. The molecule has 38 heavy (non-hydrogen) atoms. The maximum atomic E-state index is 14.4. The fourth-order valence-electron chi connectivity index (χ4n) is 3.79. The van der Waals surface area contributed by atoms with Crippen molar-refractivity contribution in [3.63, 3.8) is 0 Å². The Morgan fingerprint density at radius 3 is 2.37 bits per heavy atom. The first-order valence-corrected chi connectivity index (χ1v) is 11.5. The zero-order valence-electron chi connectivity index (χ0n) is 19.8. The van der Waals surface area contributed by atoms with Crippen LogP contribution in [0.1, 0.15) is 24.1 Å². The lowest BCUT2D eigenvalue weighted by atomic mass is 10.1.